The highest BCUT2D eigenvalue weighted by Crippen LogP contribution is 2.30. The number of esters is 1. The lowest BCUT2D eigenvalue weighted by atomic mass is 10.0. The number of nitrogens with zero attached hydrogens (tertiary/aromatic N) is 1. The predicted octanol–water partition coefficient (Wildman–Crippen LogP) is 8.94. The quantitative estimate of drug-likeness (QED) is 0.139. The van der Waals surface area contributed by atoms with Gasteiger partial charge in [0, 0.05) is 23.1 Å². The second-order valence-electron chi connectivity index (χ2n) is 10.2. The van der Waals surface area contributed by atoms with Crippen molar-refractivity contribution in [3.63, 3.8) is 0 Å². The normalized spacial score (nSPS) is 11.3. The van der Waals surface area contributed by atoms with Gasteiger partial charge >= 0.3 is 5.97 Å². The first kappa shape index (κ1) is 29.3. The van der Waals surface area contributed by atoms with Gasteiger partial charge in [0.25, 0.3) is 0 Å². The van der Waals surface area contributed by atoms with Gasteiger partial charge in [-0.15, -0.1) is 0 Å². The van der Waals surface area contributed by atoms with Gasteiger partial charge in [-0.05, 0) is 37.1 Å². The van der Waals surface area contributed by atoms with Crippen molar-refractivity contribution in [2.45, 2.75) is 130 Å². The molecule has 2 aromatic rings. The van der Waals surface area contributed by atoms with Crippen LogP contribution in [0.5, 0.6) is 5.75 Å². The van der Waals surface area contributed by atoms with E-state index in [2.05, 4.69) is 24.5 Å². The minimum absolute atomic E-state index is 0.197. The molecular weight excluding hydrogens is 434 g/mol. The lowest BCUT2D eigenvalue weighted by Gasteiger charge is -2.09. The summed E-state index contributed by atoms with van der Waals surface area (Å²) in [4.78, 5) is 12.0. The highest BCUT2D eigenvalue weighted by Gasteiger charge is 2.17. The highest BCUT2D eigenvalue weighted by molar-refractivity contribution is 5.90. The first-order chi connectivity index (χ1) is 17.1. The van der Waals surface area contributed by atoms with Crippen LogP contribution in [0.4, 0.5) is 0 Å². The summed E-state index contributed by atoms with van der Waals surface area (Å²) in [5.74, 6) is 0.626. The molecule has 0 aliphatic rings. The molecule has 198 valence electrons. The Balaban J connectivity index is 1.63. The van der Waals surface area contributed by atoms with E-state index < -0.39 is 0 Å². The smallest absolute Gasteiger partial charge is 0.310 e. The largest absolute Gasteiger partial charge is 0.497 e. The maximum Gasteiger partial charge on any atom is 0.310 e. The molecule has 0 radical (unpaired) electrons. The molecule has 0 saturated heterocycles. The summed E-state index contributed by atoms with van der Waals surface area (Å²) < 4.78 is 12.7. The Hall–Kier alpha value is -1.97. The van der Waals surface area contributed by atoms with Crippen LogP contribution in [0, 0.1) is 6.92 Å². The van der Waals surface area contributed by atoms with Crippen molar-refractivity contribution in [1.82, 2.24) is 4.57 Å². The van der Waals surface area contributed by atoms with Crippen LogP contribution in [0.3, 0.4) is 0 Å². The molecule has 4 heteroatoms. The number of carbonyl (C=O) groups excluding carboxylic acids is 1. The second-order valence-corrected chi connectivity index (χ2v) is 10.2. The average Bonchev–Trinajstić information content (AvgIpc) is 3.13. The zero-order chi connectivity index (χ0) is 25.3. The molecule has 0 atom stereocenters. The highest BCUT2D eigenvalue weighted by atomic mass is 16.5. The maximum absolute atomic E-state index is 12.0. The Morgan fingerprint density at radius 2 is 1.29 bits per heavy atom. The van der Waals surface area contributed by atoms with Crippen molar-refractivity contribution in [2.75, 3.05) is 14.2 Å². The number of rotatable bonds is 20. The summed E-state index contributed by atoms with van der Waals surface area (Å²) in [6.45, 7) is 5.40. The Morgan fingerprint density at radius 1 is 0.771 bits per heavy atom. The third-order valence-corrected chi connectivity index (χ3v) is 7.45. The molecule has 0 amide bonds. The van der Waals surface area contributed by atoms with E-state index >= 15 is 0 Å². The zero-order valence-electron chi connectivity index (χ0n) is 23.1. The molecule has 0 N–H and O–H groups in total. The van der Waals surface area contributed by atoms with E-state index in [0.717, 1.165) is 23.2 Å². The van der Waals surface area contributed by atoms with E-state index in [9.17, 15) is 4.79 Å². The number of hydrogen-bond donors (Lipinski definition) is 0. The Morgan fingerprint density at radius 3 is 1.77 bits per heavy atom. The minimum atomic E-state index is -0.197. The molecule has 0 fully saturated rings. The Labute approximate surface area is 214 Å². The van der Waals surface area contributed by atoms with E-state index in [-0.39, 0.29) is 5.97 Å². The van der Waals surface area contributed by atoms with Crippen LogP contribution >= 0.6 is 0 Å². The summed E-state index contributed by atoms with van der Waals surface area (Å²) >= 11 is 0. The minimum Gasteiger partial charge on any atom is -0.497 e. The van der Waals surface area contributed by atoms with Crippen LogP contribution < -0.4 is 4.74 Å². The van der Waals surface area contributed by atoms with Crippen LogP contribution in [0.25, 0.3) is 10.9 Å². The van der Waals surface area contributed by atoms with Crippen LogP contribution in [-0.2, 0) is 22.5 Å². The summed E-state index contributed by atoms with van der Waals surface area (Å²) in [6.07, 6.45) is 22.4. The second kappa shape index (κ2) is 17.5. The van der Waals surface area contributed by atoms with Gasteiger partial charge in [-0.2, -0.15) is 0 Å². The fraction of sp³-hybridized carbons (Fsp3) is 0.710. The van der Waals surface area contributed by atoms with Crippen molar-refractivity contribution in [2.24, 2.45) is 0 Å². The maximum atomic E-state index is 12.0. The first-order valence-electron chi connectivity index (χ1n) is 14.3. The molecule has 1 heterocycles. The first-order valence-corrected chi connectivity index (χ1v) is 14.3. The van der Waals surface area contributed by atoms with Crippen molar-refractivity contribution in [3.8, 4) is 5.75 Å². The lowest BCUT2D eigenvalue weighted by Crippen LogP contribution is -2.06. The van der Waals surface area contributed by atoms with E-state index in [0.29, 0.717) is 6.42 Å². The average molecular weight is 486 g/mol. The third-order valence-electron chi connectivity index (χ3n) is 7.45. The van der Waals surface area contributed by atoms with Gasteiger partial charge in [0.15, 0.2) is 0 Å². The van der Waals surface area contributed by atoms with Gasteiger partial charge in [0.1, 0.15) is 5.75 Å². The summed E-state index contributed by atoms with van der Waals surface area (Å²) in [7, 11) is 3.13. The van der Waals surface area contributed by atoms with Gasteiger partial charge in [-0.3, -0.25) is 4.79 Å². The van der Waals surface area contributed by atoms with Gasteiger partial charge in [0.2, 0.25) is 0 Å². The van der Waals surface area contributed by atoms with E-state index in [1.165, 1.54) is 121 Å². The van der Waals surface area contributed by atoms with Gasteiger partial charge in [-0.1, -0.05) is 103 Å². The molecule has 0 unspecified atom stereocenters. The summed E-state index contributed by atoms with van der Waals surface area (Å²) in [6, 6.07) is 6.17. The van der Waals surface area contributed by atoms with Crippen LogP contribution in [-0.4, -0.2) is 24.8 Å². The number of hydrogen-bond acceptors (Lipinski definition) is 3. The van der Waals surface area contributed by atoms with Crippen LogP contribution in [0.1, 0.15) is 121 Å². The van der Waals surface area contributed by atoms with Gasteiger partial charge in [-0.25, -0.2) is 0 Å². The van der Waals surface area contributed by atoms with Crippen molar-refractivity contribution < 1.29 is 14.3 Å². The number of methoxy groups -OCH3 is 2. The molecule has 0 aliphatic carbocycles. The fourth-order valence-corrected chi connectivity index (χ4v) is 5.20. The number of benzene rings is 1. The standard InChI is InChI=1S/C31H51NO3/c1-5-6-7-8-9-10-11-12-13-14-15-16-17-18-19-20-23-32-26(2)28(25-31(33)35-4)29-24-27(34-3)21-22-30(29)32/h21-22,24H,5-20,23,25H2,1-4H3. The molecule has 4 nitrogen and oxygen atoms in total. The van der Waals surface area contributed by atoms with Crippen molar-refractivity contribution in [3.05, 3.63) is 29.5 Å². The third kappa shape index (κ3) is 10.3. The number of aryl methyl sites for hydroxylation is 1. The molecule has 1 aromatic heterocycles. The molecule has 0 bridgehead atoms. The predicted molar refractivity (Wildman–Crippen MR) is 148 cm³/mol. The number of fused-ring (bicyclic) bond motifs is 1. The molecule has 1 aromatic carbocycles. The van der Waals surface area contributed by atoms with Gasteiger partial charge < -0.3 is 14.0 Å². The molecule has 0 spiro atoms. The van der Waals surface area contributed by atoms with Gasteiger partial charge in [0.05, 0.1) is 20.6 Å². The zero-order valence-corrected chi connectivity index (χ0v) is 23.1. The van der Waals surface area contributed by atoms with Crippen molar-refractivity contribution >= 4 is 16.9 Å². The fourth-order valence-electron chi connectivity index (χ4n) is 5.20. The molecular formula is C31H51NO3. The molecule has 0 aliphatic heterocycles. The molecule has 35 heavy (non-hydrogen) atoms. The Bertz CT molecular complexity index is 855. The van der Waals surface area contributed by atoms with Crippen molar-refractivity contribution in [1.29, 1.82) is 0 Å². The van der Waals surface area contributed by atoms with E-state index in [1.807, 2.05) is 12.1 Å². The van der Waals surface area contributed by atoms with E-state index in [1.54, 1.807) is 7.11 Å². The van der Waals surface area contributed by atoms with Crippen LogP contribution in [0.2, 0.25) is 0 Å². The number of aromatic nitrogens is 1. The van der Waals surface area contributed by atoms with E-state index in [4.69, 9.17) is 9.47 Å². The topological polar surface area (TPSA) is 40.5 Å². The molecule has 2 rings (SSSR count). The monoisotopic (exact) mass is 485 g/mol. The number of ether oxygens (including phenoxy) is 2. The summed E-state index contributed by atoms with van der Waals surface area (Å²) in [5.41, 5.74) is 3.41. The lowest BCUT2D eigenvalue weighted by molar-refractivity contribution is -0.139. The number of carbonyl (C=O) groups is 1. The SMILES string of the molecule is CCCCCCCCCCCCCCCCCCn1c(C)c(CC(=O)OC)c2cc(OC)ccc21. The number of unbranched alkanes of at least 4 members (excludes halogenated alkanes) is 15. The van der Waals surface area contributed by atoms with Crippen LogP contribution in [0.15, 0.2) is 18.2 Å². The molecule has 0 saturated carbocycles. The Kier molecular flexibility index (Phi) is 14.6. The summed E-state index contributed by atoms with van der Waals surface area (Å²) in [5, 5.41) is 1.10.